The molecule has 0 atom stereocenters. The summed E-state index contributed by atoms with van der Waals surface area (Å²) in [7, 11) is 2.23. The molecule has 0 amide bonds. The molecule has 5 nitrogen and oxygen atoms in total. The summed E-state index contributed by atoms with van der Waals surface area (Å²) in [4.78, 5) is 9.69. The lowest BCUT2D eigenvalue weighted by atomic mass is 10.3. The largest absolute Gasteiger partial charge is 0.357 e. The van der Waals surface area contributed by atoms with Gasteiger partial charge in [-0.3, -0.25) is 4.99 Å². The van der Waals surface area contributed by atoms with Crippen molar-refractivity contribution in [3.8, 4) is 0 Å². The topological polar surface area (TPSA) is 42.9 Å². The van der Waals surface area contributed by atoms with Crippen LogP contribution < -0.4 is 10.6 Å². The van der Waals surface area contributed by atoms with Gasteiger partial charge < -0.3 is 20.4 Å². The van der Waals surface area contributed by atoms with Gasteiger partial charge in [-0.2, -0.15) is 0 Å². The summed E-state index contributed by atoms with van der Waals surface area (Å²) in [5.74, 6) is 1.86. The van der Waals surface area contributed by atoms with E-state index in [1.54, 1.807) is 0 Å². The molecule has 2 fully saturated rings. The molecule has 2 N–H and O–H groups in total. The molecular weight excluding hydrogens is 262 g/mol. The van der Waals surface area contributed by atoms with Gasteiger partial charge in [-0.25, -0.2) is 0 Å². The molecule has 2 rings (SSSR count). The number of guanidine groups is 1. The summed E-state index contributed by atoms with van der Waals surface area (Å²) in [6.45, 7) is 11.2. The van der Waals surface area contributed by atoms with Crippen molar-refractivity contribution in [1.29, 1.82) is 0 Å². The number of likely N-dealkylation sites (N-methyl/N-ethyl adjacent to an activating group) is 1. The normalized spacial score (nSPS) is 22.1. The maximum atomic E-state index is 4.66. The molecule has 21 heavy (non-hydrogen) atoms. The van der Waals surface area contributed by atoms with E-state index in [0.29, 0.717) is 0 Å². The molecule has 1 heterocycles. The van der Waals surface area contributed by atoms with Crippen molar-refractivity contribution in [2.45, 2.75) is 32.6 Å². The maximum Gasteiger partial charge on any atom is 0.191 e. The standard InChI is InChI=1S/C16H33N5/c1-3-17-16(19-14-15-6-7-15)18-8-4-10-21-11-5-9-20(2)12-13-21/h15H,3-14H2,1-2H3,(H2,17,18,19). The molecule has 1 saturated heterocycles. The van der Waals surface area contributed by atoms with Gasteiger partial charge in [-0.15, -0.1) is 0 Å². The average molecular weight is 295 g/mol. The van der Waals surface area contributed by atoms with Crippen molar-refractivity contribution in [3.05, 3.63) is 0 Å². The second kappa shape index (κ2) is 9.26. The molecule has 0 radical (unpaired) electrons. The third-order valence-electron chi connectivity index (χ3n) is 4.30. The SMILES string of the molecule is CCNC(=NCC1CC1)NCCCN1CCCN(C)CC1. The summed E-state index contributed by atoms with van der Waals surface area (Å²) in [6.07, 6.45) is 5.23. The van der Waals surface area contributed by atoms with Crippen LogP contribution in [-0.4, -0.2) is 75.2 Å². The van der Waals surface area contributed by atoms with Gasteiger partial charge in [0.05, 0.1) is 0 Å². The van der Waals surface area contributed by atoms with E-state index in [1.165, 1.54) is 58.4 Å². The van der Waals surface area contributed by atoms with E-state index < -0.39 is 0 Å². The van der Waals surface area contributed by atoms with Gasteiger partial charge in [-0.1, -0.05) is 0 Å². The van der Waals surface area contributed by atoms with E-state index >= 15 is 0 Å². The van der Waals surface area contributed by atoms with E-state index in [-0.39, 0.29) is 0 Å². The summed E-state index contributed by atoms with van der Waals surface area (Å²) in [5, 5.41) is 6.81. The molecule has 0 aromatic rings. The van der Waals surface area contributed by atoms with Gasteiger partial charge in [0, 0.05) is 32.7 Å². The van der Waals surface area contributed by atoms with Crippen LogP contribution in [0, 0.1) is 5.92 Å². The van der Waals surface area contributed by atoms with E-state index in [0.717, 1.165) is 31.5 Å². The number of nitrogens with one attached hydrogen (secondary N) is 2. The van der Waals surface area contributed by atoms with Crippen molar-refractivity contribution in [3.63, 3.8) is 0 Å². The van der Waals surface area contributed by atoms with Crippen LogP contribution in [0.4, 0.5) is 0 Å². The van der Waals surface area contributed by atoms with Crippen molar-refractivity contribution in [1.82, 2.24) is 20.4 Å². The Bertz CT molecular complexity index is 314. The first-order chi connectivity index (χ1) is 10.3. The van der Waals surface area contributed by atoms with Gasteiger partial charge in [-0.05, 0) is 65.2 Å². The third kappa shape index (κ3) is 7.14. The Labute approximate surface area is 130 Å². The van der Waals surface area contributed by atoms with Crippen molar-refractivity contribution < 1.29 is 0 Å². The number of rotatable bonds is 7. The van der Waals surface area contributed by atoms with Crippen LogP contribution in [0.5, 0.6) is 0 Å². The molecule has 1 aliphatic carbocycles. The lowest BCUT2D eigenvalue weighted by Crippen LogP contribution is -2.39. The van der Waals surface area contributed by atoms with Crippen LogP contribution >= 0.6 is 0 Å². The zero-order valence-electron chi connectivity index (χ0n) is 13.9. The smallest absolute Gasteiger partial charge is 0.191 e. The predicted molar refractivity (Wildman–Crippen MR) is 89.9 cm³/mol. The van der Waals surface area contributed by atoms with Gasteiger partial charge in [0.1, 0.15) is 0 Å². The first-order valence-electron chi connectivity index (χ1n) is 8.71. The van der Waals surface area contributed by atoms with Crippen molar-refractivity contribution >= 4 is 5.96 Å². The summed E-state index contributed by atoms with van der Waals surface area (Å²) in [6, 6.07) is 0. The second-order valence-corrected chi connectivity index (χ2v) is 6.44. The highest BCUT2D eigenvalue weighted by Crippen LogP contribution is 2.28. The Morgan fingerprint density at radius 1 is 1.14 bits per heavy atom. The number of hydrogen-bond donors (Lipinski definition) is 2. The Balaban J connectivity index is 1.59. The molecule has 0 spiro atoms. The maximum absolute atomic E-state index is 4.66. The zero-order valence-corrected chi connectivity index (χ0v) is 13.9. The quantitative estimate of drug-likeness (QED) is 0.417. The van der Waals surface area contributed by atoms with Crippen LogP contribution in [0.2, 0.25) is 0 Å². The lowest BCUT2D eigenvalue weighted by Gasteiger charge is -2.20. The third-order valence-corrected chi connectivity index (χ3v) is 4.30. The van der Waals surface area contributed by atoms with E-state index in [4.69, 9.17) is 0 Å². The molecule has 2 aliphatic rings. The van der Waals surface area contributed by atoms with Crippen LogP contribution in [0.1, 0.15) is 32.6 Å². The van der Waals surface area contributed by atoms with E-state index in [9.17, 15) is 0 Å². The molecule has 0 aromatic carbocycles. The highest BCUT2D eigenvalue weighted by Gasteiger charge is 2.20. The van der Waals surface area contributed by atoms with E-state index in [1.807, 2.05) is 0 Å². The highest BCUT2D eigenvalue weighted by atomic mass is 15.2. The zero-order chi connectivity index (χ0) is 14.9. The first kappa shape index (κ1) is 16.6. The molecular formula is C16H33N5. The van der Waals surface area contributed by atoms with Crippen molar-refractivity contribution in [2.75, 3.05) is 59.4 Å². The Kier molecular flexibility index (Phi) is 7.30. The molecule has 0 unspecified atom stereocenters. The lowest BCUT2D eigenvalue weighted by molar-refractivity contribution is 0.274. The van der Waals surface area contributed by atoms with Crippen LogP contribution in [0.15, 0.2) is 4.99 Å². The summed E-state index contributed by atoms with van der Waals surface area (Å²) in [5.41, 5.74) is 0. The van der Waals surface area contributed by atoms with Crippen LogP contribution in [0.25, 0.3) is 0 Å². The molecule has 0 bridgehead atoms. The first-order valence-corrected chi connectivity index (χ1v) is 8.71. The van der Waals surface area contributed by atoms with Crippen molar-refractivity contribution in [2.24, 2.45) is 10.9 Å². The fourth-order valence-corrected chi connectivity index (χ4v) is 2.70. The Hall–Kier alpha value is -0.810. The molecule has 0 aromatic heterocycles. The van der Waals surface area contributed by atoms with Crippen LogP contribution in [-0.2, 0) is 0 Å². The van der Waals surface area contributed by atoms with Gasteiger partial charge in [0.25, 0.3) is 0 Å². The average Bonchev–Trinajstić information content (AvgIpc) is 3.30. The predicted octanol–water partition coefficient (Wildman–Crippen LogP) is 0.979. The monoisotopic (exact) mass is 295 g/mol. The van der Waals surface area contributed by atoms with Gasteiger partial charge >= 0.3 is 0 Å². The van der Waals surface area contributed by atoms with Crippen LogP contribution in [0.3, 0.4) is 0 Å². The fraction of sp³-hybridized carbons (Fsp3) is 0.938. The highest BCUT2D eigenvalue weighted by molar-refractivity contribution is 5.79. The minimum atomic E-state index is 0.856. The fourth-order valence-electron chi connectivity index (χ4n) is 2.70. The number of nitrogens with zero attached hydrogens (tertiary/aromatic N) is 3. The number of hydrogen-bond acceptors (Lipinski definition) is 3. The second-order valence-electron chi connectivity index (χ2n) is 6.44. The summed E-state index contributed by atoms with van der Waals surface area (Å²) >= 11 is 0. The Morgan fingerprint density at radius 3 is 2.76 bits per heavy atom. The molecule has 1 aliphatic heterocycles. The van der Waals surface area contributed by atoms with Gasteiger partial charge in [0.15, 0.2) is 5.96 Å². The molecule has 1 saturated carbocycles. The van der Waals surface area contributed by atoms with E-state index in [2.05, 4.69) is 39.4 Å². The molecule has 122 valence electrons. The molecule has 5 heteroatoms. The number of aliphatic imine (C=N–C) groups is 1. The Morgan fingerprint density at radius 2 is 2.00 bits per heavy atom. The summed E-state index contributed by atoms with van der Waals surface area (Å²) < 4.78 is 0. The minimum Gasteiger partial charge on any atom is -0.357 e. The minimum absolute atomic E-state index is 0.856. The van der Waals surface area contributed by atoms with Gasteiger partial charge in [0.2, 0.25) is 0 Å².